The molecule has 0 spiro atoms. The van der Waals surface area contributed by atoms with E-state index in [9.17, 15) is 0 Å². The molecule has 4 heterocycles. The quantitative estimate of drug-likeness (QED) is 0.181. The Kier molecular flexibility index (Phi) is 6.99. The van der Waals surface area contributed by atoms with Crippen LogP contribution in [0.5, 0.6) is 0 Å². The van der Waals surface area contributed by atoms with Gasteiger partial charge in [0, 0.05) is 45.4 Å². The molecular weight excluding hydrogens is 693 g/mol. The number of aromatic nitrogens is 3. The van der Waals surface area contributed by atoms with Gasteiger partial charge in [-0.3, -0.25) is 4.57 Å². The lowest BCUT2D eigenvalue weighted by atomic mass is 9.82. The fourth-order valence-corrected chi connectivity index (χ4v) is 10.4. The lowest BCUT2D eigenvalue weighted by Gasteiger charge is -2.32. The molecule has 266 valence electrons. The van der Waals surface area contributed by atoms with E-state index < -0.39 is 6.17 Å². The minimum absolute atomic E-state index is 0.134. The van der Waals surface area contributed by atoms with E-state index in [1.807, 2.05) is 29.7 Å². The molecule has 8 aromatic rings. The molecule has 55 heavy (non-hydrogen) atoms. The van der Waals surface area contributed by atoms with Crippen molar-refractivity contribution in [3.63, 3.8) is 0 Å². The van der Waals surface area contributed by atoms with Crippen LogP contribution in [0, 0.1) is 5.92 Å². The Hall–Kier alpha value is -6.18. The SMILES string of the molecule is CC1C=Cc2sc3c(ccc4c5ccccc5n(-c5nccc(C6N=C(c7ccc8c(c7)C(C)(C)c7ccccc7-8)N=C(c7ccccc7)N6C)n5)c43)c2C1. The normalized spacial score (nSPS) is 18.4. The highest BCUT2D eigenvalue weighted by Crippen LogP contribution is 2.49. The number of benzene rings is 5. The first-order valence-corrected chi connectivity index (χ1v) is 19.9. The van der Waals surface area contributed by atoms with Crippen molar-refractivity contribution in [1.82, 2.24) is 19.4 Å². The molecule has 3 aromatic heterocycles. The highest BCUT2D eigenvalue weighted by molar-refractivity contribution is 7.21. The highest BCUT2D eigenvalue weighted by atomic mass is 32.1. The molecule has 11 rings (SSSR count). The monoisotopic (exact) mass is 730 g/mol. The second-order valence-corrected chi connectivity index (χ2v) is 16.7. The summed E-state index contributed by atoms with van der Waals surface area (Å²) in [4.78, 5) is 24.5. The molecule has 6 nitrogen and oxygen atoms in total. The van der Waals surface area contributed by atoms with Gasteiger partial charge in [0.05, 0.1) is 21.4 Å². The van der Waals surface area contributed by atoms with E-state index in [-0.39, 0.29) is 5.41 Å². The summed E-state index contributed by atoms with van der Waals surface area (Å²) >= 11 is 1.88. The zero-order valence-electron chi connectivity index (χ0n) is 31.2. The van der Waals surface area contributed by atoms with Gasteiger partial charge < -0.3 is 4.90 Å². The molecule has 5 aromatic carbocycles. The van der Waals surface area contributed by atoms with E-state index in [0.29, 0.717) is 17.7 Å². The first-order chi connectivity index (χ1) is 26.8. The van der Waals surface area contributed by atoms with Crippen molar-refractivity contribution in [2.75, 3.05) is 7.05 Å². The molecule has 1 aliphatic heterocycles. The van der Waals surface area contributed by atoms with Crippen LogP contribution in [0.25, 0.3) is 55.0 Å². The number of rotatable bonds is 4. The maximum atomic E-state index is 5.40. The summed E-state index contributed by atoms with van der Waals surface area (Å²) < 4.78 is 3.55. The summed E-state index contributed by atoms with van der Waals surface area (Å²) in [5.41, 5.74) is 11.6. The van der Waals surface area contributed by atoms with Crippen molar-refractivity contribution >= 4 is 61.0 Å². The lowest BCUT2D eigenvalue weighted by molar-refractivity contribution is 0.374. The first kappa shape index (κ1) is 32.3. The Bertz CT molecular complexity index is 2980. The Morgan fingerprint density at radius 2 is 1.55 bits per heavy atom. The number of aliphatic imine (C=N–C) groups is 2. The van der Waals surface area contributed by atoms with Crippen LogP contribution in [0.15, 0.2) is 138 Å². The largest absolute Gasteiger partial charge is 0.332 e. The Balaban J connectivity index is 1.09. The van der Waals surface area contributed by atoms with Gasteiger partial charge in [-0.1, -0.05) is 124 Å². The first-order valence-electron chi connectivity index (χ1n) is 19.0. The minimum Gasteiger partial charge on any atom is -0.332 e. The molecule has 0 fully saturated rings. The molecule has 0 saturated carbocycles. The van der Waals surface area contributed by atoms with Gasteiger partial charge in [-0.25, -0.2) is 20.0 Å². The van der Waals surface area contributed by atoms with Crippen LogP contribution in [0.3, 0.4) is 0 Å². The van der Waals surface area contributed by atoms with Gasteiger partial charge in [-0.2, -0.15) is 0 Å². The maximum Gasteiger partial charge on any atom is 0.235 e. The third-order valence-corrected chi connectivity index (χ3v) is 13.1. The zero-order valence-corrected chi connectivity index (χ0v) is 32.0. The molecule has 0 radical (unpaired) electrons. The molecule has 2 aliphatic carbocycles. The fraction of sp³-hybridized carbons (Fsp3) is 0.167. The third kappa shape index (κ3) is 4.79. The topological polar surface area (TPSA) is 58.7 Å². The van der Waals surface area contributed by atoms with Gasteiger partial charge in [0.1, 0.15) is 5.84 Å². The number of hydrogen-bond donors (Lipinski definition) is 0. The van der Waals surface area contributed by atoms with Gasteiger partial charge in [-0.15, -0.1) is 11.3 Å². The number of amidine groups is 2. The van der Waals surface area contributed by atoms with Crippen molar-refractivity contribution < 1.29 is 0 Å². The van der Waals surface area contributed by atoms with Crippen molar-refractivity contribution in [1.29, 1.82) is 0 Å². The van der Waals surface area contributed by atoms with Gasteiger partial charge in [0.2, 0.25) is 5.95 Å². The zero-order chi connectivity index (χ0) is 37.0. The lowest BCUT2D eigenvalue weighted by Crippen LogP contribution is -2.36. The maximum absolute atomic E-state index is 5.40. The second kappa shape index (κ2) is 11.9. The molecule has 7 heteroatoms. The van der Waals surface area contributed by atoms with E-state index in [1.54, 1.807) is 0 Å². The second-order valence-electron chi connectivity index (χ2n) is 15.6. The molecule has 2 unspecified atom stereocenters. The van der Waals surface area contributed by atoms with Gasteiger partial charge in [0.15, 0.2) is 12.0 Å². The molecule has 0 bridgehead atoms. The van der Waals surface area contributed by atoms with Gasteiger partial charge in [-0.05, 0) is 69.8 Å². The number of fused-ring (bicyclic) bond motifs is 10. The van der Waals surface area contributed by atoms with Crippen LogP contribution < -0.4 is 0 Å². The van der Waals surface area contributed by atoms with Crippen molar-refractivity contribution in [3.05, 3.63) is 166 Å². The van der Waals surface area contributed by atoms with E-state index >= 15 is 0 Å². The van der Waals surface area contributed by atoms with Gasteiger partial charge >= 0.3 is 0 Å². The summed E-state index contributed by atoms with van der Waals surface area (Å²) in [5, 5.41) is 3.73. The van der Waals surface area contributed by atoms with Crippen LogP contribution in [0.1, 0.15) is 65.3 Å². The fourth-order valence-electron chi connectivity index (χ4n) is 9.11. The predicted molar refractivity (Wildman–Crippen MR) is 228 cm³/mol. The van der Waals surface area contributed by atoms with Crippen LogP contribution in [0.2, 0.25) is 0 Å². The Morgan fingerprint density at radius 1 is 0.764 bits per heavy atom. The number of thiophene rings is 1. The molecule has 3 aliphatic rings. The average Bonchev–Trinajstić information content (AvgIpc) is 3.83. The van der Waals surface area contributed by atoms with Crippen LogP contribution in [-0.4, -0.2) is 38.2 Å². The minimum atomic E-state index is -0.434. The van der Waals surface area contributed by atoms with Crippen LogP contribution >= 0.6 is 11.3 Å². The number of para-hydroxylation sites is 1. The molecular formula is C48H38N6S. The summed E-state index contributed by atoms with van der Waals surface area (Å²) in [7, 11) is 2.07. The number of nitrogens with zero attached hydrogens (tertiary/aromatic N) is 6. The van der Waals surface area contributed by atoms with Crippen molar-refractivity contribution in [2.24, 2.45) is 15.9 Å². The van der Waals surface area contributed by atoms with Crippen LogP contribution in [-0.2, 0) is 11.8 Å². The average molecular weight is 731 g/mol. The molecule has 2 atom stereocenters. The number of hydrogen-bond acceptors (Lipinski definition) is 6. The van der Waals surface area contributed by atoms with Crippen molar-refractivity contribution in [2.45, 2.75) is 38.8 Å². The van der Waals surface area contributed by atoms with Gasteiger partial charge in [0.25, 0.3) is 0 Å². The molecule has 0 saturated heterocycles. The highest BCUT2D eigenvalue weighted by Gasteiger charge is 2.36. The molecule has 0 N–H and O–H groups in total. The van der Waals surface area contributed by atoms with Crippen LogP contribution in [0.4, 0.5) is 0 Å². The smallest absolute Gasteiger partial charge is 0.235 e. The summed E-state index contributed by atoms with van der Waals surface area (Å²) in [5.74, 6) is 2.71. The summed E-state index contributed by atoms with van der Waals surface area (Å²) in [6, 6.07) is 41.1. The summed E-state index contributed by atoms with van der Waals surface area (Å²) in [6.45, 7) is 6.92. The predicted octanol–water partition coefficient (Wildman–Crippen LogP) is 11.1. The van der Waals surface area contributed by atoms with E-state index in [1.165, 1.54) is 53.6 Å². The van der Waals surface area contributed by atoms with E-state index in [4.69, 9.17) is 20.0 Å². The van der Waals surface area contributed by atoms with Crippen molar-refractivity contribution in [3.8, 4) is 17.1 Å². The summed E-state index contributed by atoms with van der Waals surface area (Å²) in [6.07, 6.45) is 7.15. The molecule has 0 amide bonds. The Labute approximate surface area is 323 Å². The Morgan fingerprint density at radius 3 is 2.44 bits per heavy atom. The van der Waals surface area contributed by atoms with E-state index in [0.717, 1.165) is 40.1 Å². The standard InChI is InChI=1S/C48H38N6S/c1-28-18-23-41-36(26-28)35-22-21-34-33-15-9-11-17-40(33)54(42(34)43(35)55-41)47-49-25-24-39(50-47)46-52-44(51-45(53(46)4)29-12-6-5-7-13-29)30-19-20-32-31-14-8-10-16-37(31)48(2,3)38(32)27-30/h5-25,27-28,46H,26H2,1-4H3. The third-order valence-electron chi connectivity index (χ3n) is 11.9. The van der Waals surface area contributed by atoms with E-state index in [2.05, 4.69) is 153 Å². The number of allylic oxidation sites excluding steroid dienone is 1.